The molecule has 0 saturated carbocycles. The first-order valence-corrected chi connectivity index (χ1v) is 9.36. The Hall–Kier alpha value is -3.55. The van der Waals surface area contributed by atoms with Crippen LogP contribution in [0.25, 0.3) is 22.5 Å². The molecule has 2 aromatic carbocycles. The van der Waals surface area contributed by atoms with E-state index in [4.69, 9.17) is 10.6 Å². The van der Waals surface area contributed by atoms with Gasteiger partial charge in [-0.2, -0.15) is 0 Å². The highest BCUT2D eigenvalue weighted by molar-refractivity contribution is 5.82. The Morgan fingerprint density at radius 1 is 1.10 bits per heavy atom. The number of fused-ring (bicyclic) bond motifs is 1. The molecule has 152 valence electrons. The molecule has 0 fully saturated rings. The van der Waals surface area contributed by atoms with Crippen LogP contribution in [-0.2, 0) is 4.84 Å². The van der Waals surface area contributed by atoms with Gasteiger partial charge in [0.2, 0.25) is 0 Å². The number of nitrogens with two attached hydrogens (primary N) is 1. The molecule has 0 unspecified atom stereocenters. The van der Waals surface area contributed by atoms with Crippen molar-refractivity contribution in [2.45, 2.75) is 0 Å². The van der Waals surface area contributed by atoms with Crippen LogP contribution >= 0.6 is 0 Å². The van der Waals surface area contributed by atoms with Crippen LogP contribution in [0, 0.1) is 11.6 Å². The van der Waals surface area contributed by atoms with Crippen molar-refractivity contribution in [2.24, 2.45) is 0 Å². The summed E-state index contributed by atoms with van der Waals surface area (Å²) in [7, 11) is 1.63. The Labute approximate surface area is 172 Å². The normalized spacial score (nSPS) is 11.9. The summed E-state index contributed by atoms with van der Waals surface area (Å²) < 4.78 is 30.4. The summed E-state index contributed by atoms with van der Waals surface area (Å²) in [6.07, 6.45) is 3.51. The molecule has 0 aliphatic carbocycles. The first-order chi connectivity index (χ1) is 14.6. The highest BCUT2D eigenvalue weighted by Crippen LogP contribution is 2.31. The second kappa shape index (κ2) is 8.44. The molecule has 2 aromatic heterocycles. The second-order valence-corrected chi connectivity index (χ2v) is 6.59. The number of nitrogen functional groups attached to an aromatic ring is 1. The van der Waals surface area contributed by atoms with Crippen LogP contribution in [0.4, 0.5) is 14.6 Å². The Morgan fingerprint density at radius 2 is 1.90 bits per heavy atom. The van der Waals surface area contributed by atoms with E-state index in [0.717, 1.165) is 17.3 Å². The number of nitrogens with one attached hydrogen (secondary N) is 1. The smallest absolute Gasteiger partial charge is 0.166 e. The number of rotatable bonds is 6. The summed E-state index contributed by atoms with van der Waals surface area (Å²) in [4.78, 5) is 9.60. The van der Waals surface area contributed by atoms with E-state index >= 15 is 0 Å². The number of hydrogen-bond donors (Lipinski definition) is 2. The van der Waals surface area contributed by atoms with Gasteiger partial charge in [-0.05, 0) is 35.4 Å². The standard InChI is InChI=1S/C23H20F2N4O/c1-27-30-13-12-17(18-8-5-9-19(24)21(18)25)16-10-11-20-28-23(26)22(29(20)14-16)15-6-3-2-4-7-15/h2-12,14,27H,13,26H2,1H3. The van der Waals surface area contributed by atoms with Crippen LogP contribution < -0.4 is 11.2 Å². The highest BCUT2D eigenvalue weighted by atomic mass is 19.2. The minimum absolute atomic E-state index is 0.142. The highest BCUT2D eigenvalue weighted by Gasteiger charge is 2.17. The largest absolute Gasteiger partial charge is 0.382 e. The number of anilines is 1. The first kappa shape index (κ1) is 19.8. The number of nitrogens with zero attached hydrogens (tertiary/aromatic N) is 2. The second-order valence-electron chi connectivity index (χ2n) is 6.59. The lowest BCUT2D eigenvalue weighted by Gasteiger charge is -2.12. The Kier molecular flexibility index (Phi) is 5.56. The van der Waals surface area contributed by atoms with Crippen LogP contribution in [0.5, 0.6) is 0 Å². The van der Waals surface area contributed by atoms with E-state index in [-0.39, 0.29) is 12.2 Å². The number of pyridine rings is 1. The molecule has 0 atom stereocenters. The summed E-state index contributed by atoms with van der Waals surface area (Å²) in [5.41, 5.74) is 12.3. The average Bonchev–Trinajstić information content (AvgIpc) is 3.09. The average molecular weight is 406 g/mol. The monoisotopic (exact) mass is 406 g/mol. The van der Waals surface area contributed by atoms with Crippen molar-refractivity contribution in [3.63, 3.8) is 0 Å². The topological polar surface area (TPSA) is 64.6 Å². The molecule has 0 aliphatic rings. The van der Waals surface area contributed by atoms with Crippen molar-refractivity contribution >= 4 is 17.0 Å². The van der Waals surface area contributed by atoms with Crippen molar-refractivity contribution in [2.75, 3.05) is 19.4 Å². The van der Waals surface area contributed by atoms with Gasteiger partial charge in [-0.25, -0.2) is 19.2 Å². The lowest BCUT2D eigenvalue weighted by molar-refractivity contribution is 0.0813. The number of benzene rings is 2. The van der Waals surface area contributed by atoms with E-state index in [9.17, 15) is 8.78 Å². The van der Waals surface area contributed by atoms with Crippen molar-refractivity contribution in [1.82, 2.24) is 14.9 Å². The third-order valence-electron chi connectivity index (χ3n) is 4.76. The third kappa shape index (κ3) is 3.68. The van der Waals surface area contributed by atoms with Gasteiger partial charge in [-0.1, -0.05) is 42.5 Å². The number of aromatic nitrogens is 2. The van der Waals surface area contributed by atoms with Gasteiger partial charge in [-0.15, -0.1) is 0 Å². The SMILES string of the molecule is CNOCC=C(c1ccc2nc(N)c(-c3ccccc3)n2c1)c1cccc(F)c1F. The van der Waals surface area contributed by atoms with Crippen LogP contribution in [0.3, 0.4) is 0 Å². The summed E-state index contributed by atoms with van der Waals surface area (Å²) in [5.74, 6) is -1.44. The lowest BCUT2D eigenvalue weighted by atomic mass is 9.98. The maximum atomic E-state index is 14.6. The van der Waals surface area contributed by atoms with Gasteiger partial charge in [0.25, 0.3) is 0 Å². The summed E-state index contributed by atoms with van der Waals surface area (Å²) >= 11 is 0. The van der Waals surface area contributed by atoms with E-state index in [1.165, 1.54) is 12.1 Å². The van der Waals surface area contributed by atoms with Crippen LogP contribution in [0.1, 0.15) is 11.1 Å². The fraction of sp³-hybridized carbons (Fsp3) is 0.0870. The van der Waals surface area contributed by atoms with Crippen LogP contribution in [0.15, 0.2) is 72.9 Å². The van der Waals surface area contributed by atoms with Gasteiger partial charge in [0.1, 0.15) is 5.65 Å². The molecule has 0 radical (unpaired) electrons. The molecule has 0 spiro atoms. The molecule has 30 heavy (non-hydrogen) atoms. The number of hydrogen-bond acceptors (Lipinski definition) is 4. The molecule has 3 N–H and O–H groups in total. The Balaban J connectivity index is 1.90. The molecule has 0 amide bonds. The molecule has 0 bridgehead atoms. The fourth-order valence-electron chi connectivity index (χ4n) is 3.41. The zero-order chi connectivity index (χ0) is 21.1. The Morgan fingerprint density at radius 3 is 2.67 bits per heavy atom. The molecule has 7 heteroatoms. The summed E-state index contributed by atoms with van der Waals surface area (Å²) in [6, 6.07) is 17.3. The van der Waals surface area contributed by atoms with Gasteiger partial charge in [0.05, 0.1) is 12.3 Å². The van der Waals surface area contributed by atoms with Gasteiger partial charge in [0.15, 0.2) is 17.5 Å². The maximum Gasteiger partial charge on any atom is 0.166 e. The molecular formula is C23H20F2N4O. The van der Waals surface area contributed by atoms with Gasteiger partial charge < -0.3 is 5.73 Å². The molecule has 0 aliphatic heterocycles. The van der Waals surface area contributed by atoms with E-state index in [1.54, 1.807) is 25.3 Å². The quantitative estimate of drug-likeness (QED) is 0.367. The molecule has 0 saturated heterocycles. The van der Waals surface area contributed by atoms with Gasteiger partial charge in [0, 0.05) is 24.4 Å². The summed E-state index contributed by atoms with van der Waals surface area (Å²) in [5, 5.41) is 0. The Bertz CT molecular complexity index is 1220. The van der Waals surface area contributed by atoms with Crippen LogP contribution in [-0.4, -0.2) is 23.0 Å². The van der Waals surface area contributed by atoms with Crippen molar-refractivity contribution in [3.8, 4) is 11.3 Å². The van der Waals surface area contributed by atoms with Crippen LogP contribution in [0.2, 0.25) is 0 Å². The molecule has 5 nitrogen and oxygen atoms in total. The van der Waals surface area contributed by atoms with Crippen molar-refractivity contribution in [3.05, 3.63) is 95.7 Å². The zero-order valence-electron chi connectivity index (χ0n) is 16.3. The molecule has 2 heterocycles. The molecule has 4 rings (SSSR count). The lowest BCUT2D eigenvalue weighted by Crippen LogP contribution is -2.07. The molecular weight excluding hydrogens is 386 g/mol. The fourth-order valence-corrected chi connectivity index (χ4v) is 3.41. The van der Waals surface area contributed by atoms with E-state index in [1.807, 2.05) is 40.9 Å². The van der Waals surface area contributed by atoms with Crippen molar-refractivity contribution in [1.29, 1.82) is 0 Å². The van der Waals surface area contributed by atoms with Gasteiger partial charge >= 0.3 is 0 Å². The maximum absolute atomic E-state index is 14.6. The summed E-state index contributed by atoms with van der Waals surface area (Å²) in [6.45, 7) is 0.164. The van der Waals surface area contributed by atoms with E-state index in [2.05, 4.69) is 10.5 Å². The third-order valence-corrected chi connectivity index (χ3v) is 4.76. The number of imidazole rings is 1. The number of halogens is 2. The predicted octanol–water partition coefficient (Wildman–Crippen LogP) is 4.44. The minimum atomic E-state index is -0.915. The van der Waals surface area contributed by atoms with Crippen molar-refractivity contribution < 1.29 is 13.6 Å². The zero-order valence-corrected chi connectivity index (χ0v) is 16.3. The van der Waals surface area contributed by atoms with Gasteiger partial charge in [-0.3, -0.25) is 9.24 Å². The molecule has 4 aromatic rings. The first-order valence-electron chi connectivity index (χ1n) is 9.36. The predicted molar refractivity (Wildman–Crippen MR) is 113 cm³/mol. The van der Waals surface area contributed by atoms with E-state index in [0.29, 0.717) is 22.6 Å². The van der Waals surface area contributed by atoms with E-state index < -0.39 is 11.6 Å². The number of hydroxylamine groups is 1. The minimum Gasteiger partial charge on any atom is -0.382 e.